The van der Waals surface area contributed by atoms with Gasteiger partial charge in [0.05, 0.1) is 7.85 Å². The predicted molar refractivity (Wildman–Crippen MR) is 137 cm³/mol. The molecule has 1 amide bonds. The van der Waals surface area contributed by atoms with Gasteiger partial charge in [0.2, 0.25) is 5.91 Å². The molecule has 2 unspecified atom stereocenters. The van der Waals surface area contributed by atoms with Crippen LogP contribution in [-0.4, -0.2) is 26.6 Å². The fourth-order valence-electron chi connectivity index (χ4n) is 6.74. The largest absolute Gasteiger partial charge is 0.351 e. The number of amides is 1. The van der Waals surface area contributed by atoms with Crippen molar-refractivity contribution in [3.8, 4) is 0 Å². The van der Waals surface area contributed by atoms with Gasteiger partial charge in [-0.1, -0.05) is 115 Å². The molecule has 0 aliphatic heterocycles. The van der Waals surface area contributed by atoms with E-state index in [1.54, 1.807) is 0 Å². The third-order valence-corrected chi connectivity index (χ3v) is 8.56. The summed E-state index contributed by atoms with van der Waals surface area (Å²) >= 11 is 0. The van der Waals surface area contributed by atoms with Gasteiger partial charge in [0, 0.05) is 11.0 Å². The average Bonchev–Trinajstić information content (AvgIpc) is 2.68. The quantitative estimate of drug-likeness (QED) is 0.491. The van der Waals surface area contributed by atoms with Crippen molar-refractivity contribution in [3.05, 3.63) is 0 Å². The number of carbonyl (C=O) groups excluding carboxylic acids is 1. The van der Waals surface area contributed by atoms with Crippen LogP contribution >= 0.6 is 0 Å². The fourth-order valence-corrected chi connectivity index (χ4v) is 6.74. The maximum atomic E-state index is 13.3. The maximum Gasteiger partial charge on any atom is 0.226 e. The molecule has 0 radical (unpaired) electrons. The van der Waals surface area contributed by atoms with Crippen molar-refractivity contribution >= 4 is 21.0 Å². The molecule has 0 aromatic rings. The van der Waals surface area contributed by atoms with E-state index in [9.17, 15) is 4.79 Å². The molecule has 0 aromatic carbocycles. The molecule has 2 nitrogen and oxygen atoms in total. The Morgan fingerprint density at radius 3 is 2.00 bits per heavy atom. The van der Waals surface area contributed by atoms with E-state index in [0.717, 1.165) is 25.7 Å². The second-order valence-electron chi connectivity index (χ2n) is 12.8. The van der Waals surface area contributed by atoms with Gasteiger partial charge in [0.1, 0.15) is 7.28 Å². The van der Waals surface area contributed by atoms with Crippen LogP contribution in [0.5, 0.6) is 0 Å². The molecular weight excluding hydrogens is 364 g/mol. The minimum atomic E-state index is -0.194. The van der Waals surface area contributed by atoms with Crippen LogP contribution < -0.4 is 5.32 Å². The van der Waals surface area contributed by atoms with E-state index < -0.39 is 0 Å². The highest BCUT2D eigenvalue weighted by atomic mass is 16.2. The van der Waals surface area contributed by atoms with Crippen molar-refractivity contribution in [1.29, 1.82) is 0 Å². The Bertz CT molecular complexity index is 541. The lowest BCUT2D eigenvalue weighted by molar-refractivity contribution is -0.133. The number of nitrogens with one attached hydrogen (secondary N) is 1. The van der Waals surface area contributed by atoms with Crippen LogP contribution in [0.4, 0.5) is 0 Å². The van der Waals surface area contributed by atoms with Gasteiger partial charge in [-0.25, -0.2) is 0 Å². The van der Waals surface area contributed by atoms with Gasteiger partial charge in [0.15, 0.2) is 0 Å². The summed E-state index contributed by atoms with van der Waals surface area (Å²) in [5, 5.41) is 4.39. The van der Waals surface area contributed by atoms with Crippen LogP contribution in [-0.2, 0) is 4.79 Å². The third-order valence-electron chi connectivity index (χ3n) is 8.56. The van der Waals surface area contributed by atoms with Crippen LogP contribution in [0.2, 0.25) is 10.5 Å². The summed E-state index contributed by atoms with van der Waals surface area (Å²) in [7, 11) is 3.97. The summed E-state index contributed by atoms with van der Waals surface area (Å²) in [4.78, 5) is 13.3. The highest BCUT2D eigenvalue weighted by Gasteiger charge is 2.40. The fraction of sp³-hybridized carbons (Fsp3) is 0.962. The first-order valence-corrected chi connectivity index (χ1v) is 13.3. The molecule has 0 spiro atoms. The molecule has 2 aliphatic rings. The second-order valence-corrected chi connectivity index (χ2v) is 12.8. The Hall–Kier alpha value is -0.400. The summed E-state index contributed by atoms with van der Waals surface area (Å²) in [6.07, 6.45) is 20.6. The Labute approximate surface area is 190 Å². The standard InChI is InChI=1S/C26H51B2NO/c1-6-15-23(2,3)29-22(30)24(4)16-12-13-20-26(27,21-14-17-24)28-25(5)18-10-8-7-9-11-19-25/h28H,6-21,27H2,1-5H3,(H,29,30). The van der Waals surface area contributed by atoms with Crippen LogP contribution in [0.1, 0.15) is 137 Å². The molecule has 2 fully saturated rings. The number of hydrogen-bond acceptors (Lipinski definition) is 1. The topological polar surface area (TPSA) is 29.1 Å². The summed E-state index contributed by atoms with van der Waals surface area (Å²) < 4.78 is 0. The maximum absolute atomic E-state index is 13.3. The minimum absolute atomic E-state index is 0.0887. The summed E-state index contributed by atoms with van der Waals surface area (Å²) in [5.74, 6) is 0.302. The average molecular weight is 415 g/mol. The monoisotopic (exact) mass is 415 g/mol. The van der Waals surface area contributed by atoms with Gasteiger partial charge in [-0.2, -0.15) is 0 Å². The van der Waals surface area contributed by atoms with E-state index in [0.29, 0.717) is 16.4 Å². The second kappa shape index (κ2) is 11.0. The lowest BCUT2D eigenvalue weighted by Gasteiger charge is -2.40. The molecule has 2 atom stereocenters. The number of carbonyl (C=O) groups is 1. The molecule has 30 heavy (non-hydrogen) atoms. The van der Waals surface area contributed by atoms with Crippen molar-refractivity contribution < 1.29 is 4.79 Å². The van der Waals surface area contributed by atoms with Gasteiger partial charge >= 0.3 is 0 Å². The zero-order valence-corrected chi connectivity index (χ0v) is 21.4. The molecule has 0 saturated heterocycles. The molecule has 0 heterocycles. The SMILES string of the molecule is BC1(BC2(C)CCCCCCC2)CCCCC(C)(C(=O)NC(C)(C)CCC)CCC1. The molecular formula is C26H51B2NO. The molecule has 0 bridgehead atoms. The van der Waals surface area contributed by atoms with Gasteiger partial charge in [-0.05, 0) is 33.1 Å². The van der Waals surface area contributed by atoms with E-state index >= 15 is 0 Å². The van der Waals surface area contributed by atoms with E-state index in [1.165, 1.54) is 84.3 Å². The Morgan fingerprint density at radius 2 is 1.37 bits per heavy atom. The van der Waals surface area contributed by atoms with E-state index in [4.69, 9.17) is 0 Å². The lowest BCUT2D eigenvalue weighted by atomic mass is 9.29. The van der Waals surface area contributed by atoms with E-state index in [2.05, 4.69) is 47.8 Å². The van der Waals surface area contributed by atoms with Crippen molar-refractivity contribution in [2.45, 2.75) is 153 Å². The van der Waals surface area contributed by atoms with Crippen LogP contribution in [0, 0.1) is 5.41 Å². The van der Waals surface area contributed by atoms with Crippen LogP contribution in [0.25, 0.3) is 0 Å². The van der Waals surface area contributed by atoms with Crippen molar-refractivity contribution in [2.75, 3.05) is 0 Å². The first kappa shape index (κ1) is 25.9. The zero-order valence-electron chi connectivity index (χ0n) is 21.4. The summed E-state index contributed by atoms with van der Waals surface area (Å²) in [6.45, 7) is 11.4. The Kier molecular flexibility index (Phi) is 9.44. The normalized spacial score (nSPS) is 31.4. The molecule has 0 aromatic heterocycles. The molecule has 2 aliphatic carbocycles. The van der Waals surface area contributed by atoms with Gasteiger partial charge in [0.25, 0.3) is 0 Å². The molecule has 4 heteroatoms. The van der Waals surface area contributed by atoms with Gasteiger partial charge in [-0.3, -0.25) is 4.79 Å². The Morgan fingerprint density at radius 1 is 0.867 bits per heavy atom. The molecule has 2 rings (SSSR count). The third kappa shape index (κ3) is 7.94. The van der Waals surface area contributed by atoms with Crippen LogP contribution in [0.15, 0.2) is 0 Å². The lowest BCUT2D eigenvalue weighted by Crippen LogP contribution is -2.49. The van der Waals surface area contributed by atoms with Crippen molar-refractivity contribution in [2.24, 2.45) is 5.41 Å². The highest BCUT2D eigenvalue weighted by Crippen LogP contribution is 2.49. The predicted octanol–water partition coefficient (Wildman–Crippen LogP) is 6.54. The Balaban J connectivity index is 2.00. The van der Waals surface area contributed by atoms with E-state index in [-0.39, 0.29) is 11.0 Å². The van der Waals surface area contributed by atoms with Crippen molar-refractivity contribution in [3.63, 3.8) is 0 Å². The molecule has 172 valence electrons. The van der Waals surface area contributed by atoms with E-state index in [1.807, 2.05) is 0 Å². The number of hydrogen-bond donors (Lipinski definition) is 1. The van der Waals surface area contributed by atoms with Crippen molar-refractivity contribution in [1.82, 2.24) is 5.32 Å². The zero-order chi connectivity index (χ0) is 22.3. The van der Waals surface area contributed by atoms with Crippen LogP contribution in [0.3, 0.4) is 0 Å². The molecule has 1 N–H and O–H groups in total. The summed E-state index contributed by atoms with van der Waals surface area (Å²) in [6, 6.07) is 0. The first-order valence-electron chi connectivity index (χ1n) is 13.3. The summed E-state index contributed by atoms with van der Waals surface area (Å²) in [5.41, 5.74) is -0.283. The minimum Gasteiger partial charge on any atom is -0.351 e. The van der Waals surface area contributed by atoms with Gasteiger partial charge < -0.3 is 5.32 Å². The highest BCUT2D eigenvalue weighted by molar-refractivity contribution is 6.56. The smallest absolute Gasteiger partial charge is 0.226 e. The first-order chi connectivity index (χ1) is 14.0. The van der Waals surface area contributed by atoms with Gasteiger partial charge in [-0.15, -0.1) is 0 Å². The molecule has 2 saturated carbocycles. The number of rotatable bonds is 6.